The van der Waals surface area contributed by atoms with E-state index in [-0.39, 0.29) is 16.9 Å². The summed E-state index contributed by atoms with van der Waals surface area (Å²) in [5.41, 5.74) is 2.76. The first-order chi connectivity index (χ1) is 10.9. The Morgan fingerprint density at radius 3 is 2.57 bits per heavy atom. The van der Waals surface area contributed by atoms with Crippen molar-refractivity contribution < 1.29 is 4.79 Å². The summed E-state index contributed by atoms with van der Waals surface area (Å²) in [7, 11) is 0. The van der Waals surface area contributed by atoms with Crippen LogP contribution in [-0.2, 0) is 17.8 Å². The molecular weight excluding hydrogens is 284 g/mol. The number of amides is 1. The zero-order valence-electron chi connectivity index (χ0n) is 14.8. The van der Waals surface area contributed by atoms with E-state index in [0.717, 1.165) is 38.9 Å². The van der Waals surface area contributed by atoms with Crippen LogP contribution >= 0.6 is 0 Å². The van der Waals surface area contributed by atoms with Crippen LogP contribution in [0.15, 0.2) is 24.3 Å². The number of nitrogens with zero attached hydrogens (tertiary/aromatic N) is 1. The summed E-state index contributed by atoms with van der Waals surface area (Å²) in [6, 6.07) is 8.72. The van der Waals surface area contributed by atoms with Gasteiger partial charge in [-0.15, -0.1) is 0 Å². The largest absolute Gasteiger partial charge is 0.354 e. The van der Waals surface area contributed by atoms with Crippen LogP contribution in [0.2, 0.25) is 0 Å². The molecule has 2 aliphatic rings. The van der Waals surface area contributed by atoms with Gasteiger partial charge >= 0.3 is 0 Å². The minimum Gasteiger partial charge on any atom is -0.354 e. The van der Waals surface area contributed by atoms with E-state index >= 15 is 0 Å². The van der Waals surface area contributed by atoms with Crippen molar-refractivity contribution in [3.05, 3.63) is 35.4 Å². The molecule has 23 heavy (non-hydrogen) atoms. The summed E-state index contributed by atoms with van der Waals surface area (Å²) in [5, 5.41) is 3.25. The molecule has 3 heteroatoms. The molecule has 0 spiro atoms. The van der Waals surface area contributed by atoms with Crippen molar-refractivity contribution in [1.29, 1.82) is 0 Å². The predicted octanol–water partition coefficient (Wildman–Crippen LogP) is 3.52. The summed E-state index contributed by atoms with van der Waals surface area (Å²) < 4.78 is 0. The van der Waals surface area contributed by atoms with E-state index in [4.69, 9.17) is 0 Å². The maximum atomic E-state index is 12.6. The van der Waals surface area contributed by atoms with Crippen molar-refractivity contribution in [1.82, 2.24) is 10.2 Å². The topological polar surface area (TPSA) is 32.3 Å². The second kappa shape index (κ2) is 6.27. The van der Waals surface area contributed by atoms with Crippen LogP contribution in [-0.4, -0.2) is 29.4 Å². The normalized spacial score (nSPS) is 21.0. The van der Waals surface area contributed by atoms with Gasteiger partial charge in [0.15, 0.2) is 0 Å². The van der Waals surface area contributed by atoms with Crippen molar-refractivity contribution in [3.8, 4) is 0 Å². The van der Waals surface area contributed by atoms with Crippen molar-refractivity contribution >= 4 is 5.91 Å². The highest BCUT2D eigenvalue weighted by atomic mass is 16.2. The maximum Gasteiger partial charge on any atom is 0.226 e. The van der Waals surface area contributed by atoms with E-state index in [9.17, 15) is 4.79 Å². The molecule has 1 aromatic rings. The van der Waals surface area contributed by atoms with Crippen molar-refractivity contribution in [2.24, 2.45) is 5.41 Å². The first-order valence-corrected chi connectivity index (χ1v) is 9.01. The molecule has 1 heterocycles. The summed E-state index contributed by atoms with van der Waals surface area (Å²) >= 11 is 0. The Bertz CT molecular complexity index is 573. The van der Waals surface area contributed by atoms with Crippen molar-refractivity contribution in [2.75, 3.05) is 13.1 Å². The molecule has 0 unspecified atom stereocenters. The summed E-state index contributed by atoms with van der Waals surface area (Å²) in [5.74, 6) is 0.250. The van der Waals surface area contributed by atoms with E-state index < -0.39 is 0 Å². The Hall–Kier alpha value is -1.35. The van der Waals surface area contributed by atoms with Gasteiger partial charge in [0.2, 0.25) is 5.91 Å². The fraction of sp³-hybridized carbons (Fsp3) is 0.650. The molecular formula is C20H30N2O. The smallest absolute Gasteiger partial charge is 0.226 e. The molecule has 3 nitrogen and oxygen atoms in total. The van der Waals surface area contributed by atoms with E-state index in [0.29, 0.717) is 0 Å². The number of fused-ring (bicyclic) bond motifs is 1. The molecule has 126 valence electrons. The van der Waals surface area contributed by atoms with Crippen LogP contribution in [0.4, 0.5) is 0 Å². The van der Waals surface area contributed by atoms with Crippen molar-refractivity contribution in [2.45, 2.75) is 65.0 Å². The number of carbonyl (C=O) groups is 1. The zero-order valence-corrected chi connectivity index (χ0v) is 14.8. The maximum absolute atomic E-state index is 12.6. The monoisotopic (exact) mass is 314 g/mol. The van der Waals surface area contributed by atoms with E-state index in [2.05, 4.69) is 55.3 Å². The zero-order chi connectivity index (χ0) is 16.5. The molecule has 0 bridgehead atoms. The number of benzene rings is 1. The van der Waals surface area contributed by atoms with Gasteiger partial charge in [0, 0.05) is 30.6 Å². The Balaban J connectivity index is 1.60. The highest BCUT2D eigenvalue weighted by Gasteiger charge is 2.37. The average molecular weight is 314 g/mol. The Kier molecular flexibility index (Phi) is 4.50. The lowest BCUT2D eigenvalue weighted by atomic mass is 9.87. The van der Waals surface area contributed by atoms with Gasteiger partial charge in [-0.1, -0.05) is 44.0 Å². The average Bonchev–Trinajstić information content (AvgIpc) is 3.00. The van der Waals surface area contributed by atoms with Crippen LogP contribution in [0.25, 0.3) is 0 Å². The summed E-state index contributed by atoms with van der Waals surface area (Å²) in [6.45, 7) is 9.40. The third kappa shape index (κ3) is 3.45. The van der Waals surface area contributed by atoms with Crippen molar-refractivity contribution in [3.63, 3.8) is 0 Å². The van der Waals surface area contributed by atoms with Crippen LogP contribution in [0.1, 0.15) is 57.6 Å². The Labute approximate surface area is 140 Å². The fourth-order valence-corrected chi connectivity index (χ4v) is 4.02. The second-order valence-electron chi connectivity index (χ2n) is 8.20. The highest BCUT2D eigenvalue weighted by molar-refractivity contribution is 5.82. The number of nitrogens with one attached hydrogen (secondary N) is 1. The minimum atomic E-state index is -0.134. The molecule has 0 radical (unpaired) electrons. The van der Waals surface area contributed by atoms with Crippen LogP contribution in [0.3, 0.4) is 0 Å². The van der Waals surface area contributed by atoms with Crippen LogP contribution in [0.5, 0.6) is 0 Å². The molecule has 1 aromatic carbocycles. The lowest BCUT2D eigenvalue weighted by molar-refractivity contribution is -0.130. The van der Waals surface area contributed by atoms with Gasteiger partial charge in [0.05, 0.1) is 0 Å². The molecule has 1 aliphatic carbocycles. The van der Waals surface area contributed by atoms with Gasteiger partial charge in [-0.05, 0) is 44.2 Å². The molecule has 1 fully saturated rings. The van der Waals surface area contributed by atoms with E-state index in [1.807, 2.05) is 0 Å². The Morgan fingerprint density at radius 1 is 1.22 bits per heavy atom. The highest BCUT2D eigenvalue weighted by Crippen LogP contribution is 2.37. The van der Waals surface area contributed by atoms with Gasteiger partial charge < -0.3 is 5.32 Å². The molecule has 0 atom stereocenters. The SMILES string of the molecule is CC1(C(=O)NCC(C)(C)N2CCc3ccccc3C2)CCCC1. The first-order valence-electron chi connectivity index (χ1n) is 9.01. The molecule has 0 aromatic heterocycles. The Morgan fingerprint density at radius 2 is 1.87 bits per heavy atom. The third-order valence-electron chi connectivity index (χ3n) is 5.92. The molecule has 1 amide bonds. The van der Waals surface area contributed by atoms with Crippen LogP contribution < -0.4 is 5.32 Å². The lowest BCUT2D eigenvalue weighted by Crippen LogP contribution is -2.54. The quantitative estimate of drug-likeness (QED) is 0.922. The summed E-state index contributed by atoms with van der Waals surface area (Å²) in [6.07, 6.45) is 5.56. The molecule has 1 aliphatic heterocycles. The summed E-state index contributed by atoms with van der Waals surface area (Å²) in [4.78, 5) is 15.1. The second-order valence-corrected chi connectivity index (χ2v) is 8.20. The predicted molar refractivity (Wildman–Crippen MR) is 94.2 cm³/mol. The standard InChI is InChI=1S/C20H30N2O/c1-19(2,15-21-18(23)20(3)11-6-7-12-20)22-13-10-16-8-4-5-9-17(16)14-22/h4-5,8-9H,6-7,10-15H2,1-3H3,(H,21,23). The van der Waals surface area contributed by atoms with Crippen LogP contribution in [0, 0.1) is 5.41 Å². The molecule has 1 saturated carbocycles. The minimum absolute atomic E-state index is 0.0157. The number of carbonyl (C=O) groups excluding carboxylic acids is 1. The van der Waals surface area contributed by atoms with Gasteiger partial charge in [-0.3, -0.25) is 9.69 Å². The van der Waals surface area contributed by atoms with Gasteiger partial charge in [0.1, 0.15) is 0 Å². The number of hydrogen-bond acceptors (Lipinski definition) is 2. The van der Waals surface area contributed by atoms with Gasteiger partial charge in [0.25, 0.3) is 0 Å². The van der Waals surface area contributed by atoms with E-state index in [1.54, 1.807) is 0 Å². The van der Waals surface area contributed by atoms with E-state index in [1.165, 1.54) is 24.0 Å². The van der Waals surface area contributed by atoms with Gasteiger partial charge in [-0.2, -0.15) is 0 Å². The first kappa shape index (κ1) is 16.5. The third-order valence-corrected chi connectivity index (χ3v) is 5.92. The van der Waals surface area contributed by atoms with Gasteiger partial charge in [-0.25, -0.2) is 0 Å². The lowest BCUT2D eigenvalue weighted by Gasteiger charge is -2.42. The molecule has 1 N–H and O–H groups in total. The number of rotatable bonds is 4. The molecule has 0 saturated heterocycles. The molecule has 3 rings (SSSR count). The fourth-order valence-electron chi connectivity index (χ4n) is 4.02. The number of hydrogen-bond donors (Lipinski definition) is 1.